The van der Waals surface area contributed by atoms with Gasteiger partial charge in [0.05, 0.1) is 0 Å². The van der Waals surface area contributed by atoms with Crippen molar-refractivity contribution in [2.45, 2.75) is 32.0 Å². The molecule has 2 N–H and O–H groups in total. The Morgan fingerprint density at radius 3 is 2.33 bits per heavy atom. The van der Waals surface area contributed by atoms with Gasteiger partial charge in [-0.2, -0.15) is 0 Å². The molecule has 0 aliphatic carbocycles. The molecule has 12 heavy (non-hydrogen) atoms. The summed E-state index contributed by atoms with van der Waals surface area (Å²) >= 11 is 0. The minimum absolute atomic E-state index is 0.510. The Balaban J connectivity index is 1.98. The van der Waals surface area contributed by atoms with Crippen molar-refractivity contribution in [1.82, 2.24) is 4.90 Å². The number of piperidine rings is 1. The van der Waals surface area contributed by atoms with E-state index in [1.165, 1.54) is 32.4 Å². The van der Waals surface area contributed by atoms with Crippen LogP contribution in [0.2, 0.25) is 6.32 Å². The lowest BCUT2D eigenvalue weighted by Gasteiger charge is -2.26. The van der Waals surface area contributed by atoms with E-state index in [1.54, 1.807) is 0 Å². The molecule has 0 unspecified atom stereocenters. The molecule has 0 spiro atoms. The molecule has 4 heteroatoms. The molecule has 0 atom stereocenters. The molecule has 0 aromatic heterocycles. The van der Waals surface area contributed by atoms with E-state index in [2.05, 4.69) is 4.90 Å². The summed E-state index contributed by atoms with van der Waals surface area (Å²) in [5.41, 5.74) is 0. The van der Waals surface area contributed by atoms with Gasteiger partial charge in [-0.1, -0.05) is 6.42 Å². The highest BCUT2D eigenvalue weighted by molar-refractivity contribution is 6.40. The lowest BCUT2D eigenvalue weighted by Crippen LogP contribution is -2.31. The number of hydrogen-bond donors (Lipinski definition) is 2. The molecule has 1 aliphatic rings. The van der Waals surface area contributed by atoms with E-state index in [9.17, 15) is 0 Å². The number of hydrogen-bond acceptors (Lipinski definition) is 3. The molecule has 1 heterocycles. The van der Waals surface area contributed by atoms with Crippen molar-refractivity contribution in [3.8, 4) is 0 Å². The highest BCUT2D eigenvalue weighted by Crippen LogP contribution is 2.09. The van der Waals surface area contributed by atoms with Crippen molar-refractivity contribution in [1.29, 1.82) is 0 Å². The van der Waals surface area contributed by atoms with Gasteiger partial charge in [-0.25, -0.2) is 0 Å². The van der Waals surface area contributed by atoms with Gasteiger partial charge in [0.1, 0.15) is 0 Å². The topological polar surface area (TPSA) is 43.7 Å². The van der Waals surface area contributed by atoms with Crippen molar-refractivity contribution in [2.75, 3.05) is 19.6 Å². The highest BCUT2D eigenvalue weighted by atomic mass is 16.4. The van der Waals surface area contributed by atoms with E-state index < -0.39 is 7.12 Å². The Morgan fingerprint density at radius 2 is 1.75 bits per heavy atom. The molecule has 0 radical (unpaired) electrons. The van der Waals surface area contributed by atoms with Gasteiger partial charge in [0.2, 0.25) is 0 Å². The molecule has 0 amide bonds. The number of rotatable bonds is 4. The van der Waals surface area contributed by atoms with Crippen LogP contribution >= 0.6 is 0 Å². The fourth-order valence-corrected chi connectivity index (χ4v) is 1.68. The third-order valence-electron chi connectivity index (χ3n) is 2.39. The smallest absolute Gasteiger partial charge is 0.427 e. The summed E-state index contributed by atoms with van der Waals surface area (Å²) in [6, 6.07) is 0. The minimum atomic E-state index is -1.12. The zero-order chi connectivity index (χ0) is 8.81. The lowest BCUT2D eigenvalue weighted by molar-refractivity contribution is 0.227. The first-order valence-electron chi connectivity index (χ1n) is 4.87. The minimum Gasteiger partial charge on any atom is -0.427 e. The summed E-state index contributed by atoms with van der Waals surface area (Å²) in [6.07, 6.45) is 5.39. The number of likely N-dealkylation sites (tertiary alicyclic amines) is 1. The Morgan fingerprint density at radius 1 is 1.08 bits per heavy atom. The first-order valence-corrected chi connectivity index (χ1v) is 4.87. The zero-order valence-electron chi connectivity index (χ0n) is 7.58. The summed E-state index contributed by atoms with van der Waals surface area (Å²) in [5.74, 6) is 0. The SMILES string of the molecule is OB(O)CCCN1CCCCC1. The van der Waals surface area contributed by atoms with Crippen molar-refractivity contribution < 1.29 is 10.0 Å². The van der Waals surface area contributed by atoms with Crippen LogP contribution < -0.4 is 0 Å². The predicted molar refractivity (Wildman–Crippen MR) is 49.9 cm³/mol. The third kappa shape index (κ3) is 4.09. The first kappa shape index (κ1) is 10.0. The van der Waals surface area contributed by atoms with Crippen molar-refractivity contribution in [3.05, 3.63) is 0 Å². The van der Waals surface area contributed by atoms with Crippen LogP contribution in [0.15, 0.2) is 0 Å². The van der Waals surface area contributed by atoms with Gasteiger partial charge in [0.25, 0.3) is 0 Å². The fraction of sp³-hybridized carbons (Fsp3) is 1.00. The van der Waals surface area contributed by atoms with Crippen LogP contribution in [0.5, 0.6) is 0 Å². The normalized spacial score (nSPS) is 19.5. The van der Waals surface area contributed by atoms with E-state index >= 15 is 0 Å². The first-order chi connectivity index (χ1) is 5.79. The van der Waals surface area contributed by atoms with Crippen LogP contribution in [0.25, 0.3) is 0 Å². The quantitative estimate of drug-likeness (QED) is 0.599. The average molecular weight is 171 g/mol. The molecule has 1 aliphatic heterocycles. The summed E-state index contributed by atoms with van der Waals surface area (Å²) in [6.45, 7) is 3.42. The Bertz CT molecular complexity index is 116. The van der Waals surface area contributed by atoms with E-state index in [0.29, 0.717) is 6.32 Å². The molecule has 0 aromatic rings. The molecule has 0 bridgehead atoms. The molecular formula is C8H18BNO2. The summed E-state index contributed by atoms with van der Waals surface area (Å²) in [4.78, 5) is 2.41. The van der Waals surface area contributed by atoms with Crippen LogP contribution in [-0.4, -0.2) is 41.7 Å². The van der Waals surface area contributed by atoms with Gasteiger partial charge in [0, 0.05) is 0 Å². The van der Waals surface area contributed by atoms with Crippen molar-refractivity contribution in [2.24, 2.45) is 0 Å². The zero-order valence-corrected chi connectivity index (χ0v) is 7.58. The lowest BCUT2D eigenvalue weighted by atomic mass is 9.84. The Hall–Kier alpha value is -0.0551. The Kier molecular flexibility index (Phi) is 4.65. The largest absolute Gasteiger partial charge is 0.451 e. The average Bonchev–Trinajstić information content (AvgIpc) is 2.05. The standard InChI is InChI=1S/C8H18BNO2/c11-9(12)5-4-8-10-6-2-1-3-7-10/h11-12H,1-8H2. The molecular weight excluding hydrogens is 153 g/mol. The highest BCUT2D eigenvalue weighted by Gasteiger charge is 2.11. The monoisotopic (exact) mass is 171 g/mol. The molecule has 1 rings (SSSR count). The maximum atomic E-state index is 8.62. The molecule has 0 aromatic carbocycles. The van der Waals surface area contributed by atoms with Gasteiger partial charge in [0.15, 0.2) is 0 Å². The van der Waals surface area contributed by atoms with Crippen LogP contribution in [-0.2, 0) is 0 Å². The maximum Gasteiger partial charge on any atom is 0.451 e. The number of nitrogens with zero attached hydrogens (tertiary/aromatic N) is 1. The predicted octanol–water partition coefficient (Wildman–Crippen LogP) is 0.335. The second-order valence-electron chi connectivity index (χ2n) is 3.53. The molecule has 1 saturated heterocycles. The van der Waals surface area contributed by atoms with Gasteiger partial charge in [-0.05, 0) is 45.2 Å². The van der Waals surface area contributed by atoms with E-state index in [1.807, 2.05) is 0 Å². The van der Waals surface area contributed by atoms with E-state index in [-0.39, 0.29) is 0 Å². The molecule has 0 saturated carbocycles. The second kappa shape index (κ2) is 5.57. The van der Waals surface area contributed by atoms with Crippen LogP contribution in [0.4, 0.5) is 0 Å². The van der Waals surface area contributed by atoms with Crippen molar-refractivity contribution in [3.63, 3.8) is 0 Å². The third-order valence-corrected chi connectivity index (χ3v) is 2.39. The van der Waals surface area contributed by atoms with E-state index in [4.69, 9.17) is 10.0 Å². The molecule has 1 fully saturated rings. The van der Waals surface area contributed by atoms with Crippen LogP contribution in [0, 0.1) is 0 Å². The van der Waals surface area contributed by atoms with Crippen molar-refractivity contribution >= 4 is 7.12 Å². The Labute approximate surface area is 74.5 Å². The molecule has 3 nitrogen and oxygen atoms in total. The summed E-state index contributed by atoms with van der Waals surface area (Å²) in [7, 11) is -1.12. The maximum absolute atomic E-state index is 8.62. The fourth-order valence-electron chi connectivity index (χ4n) is 1.68. The van der Waals surface area contributed by atoms with Gasteiger partial charge in [-0.3, -0.25) is 0 Å². The second-order valence-corrected chi connectivity index (χ2v) is 3.53. The summed E-state index contributed by atoms with van der Waals surface area (Å²) < 4.78 is 0. The molecule has 70 valence electrons. The van der Waals surface area contributed by atoms with Gasteiger partial charge < -0.3 is 14.9 Å². The summed E-state index contributed by atoms with van der Waals surface area (Å²) in [5, 5.41) is 17.2. The van der Waals surface area contributed by atoms with Crippen LogP contribution in [0.1, 0.15) is 25.7 Å². The van der Waals surface area contributed by atoms with Crippen LogP contribution in [0.3, 0.4) is 0 Å². The van der Waals surface area contributed by atoms with E-state index in [0.717, 1.165) is 13.0 Å². The van der Waals surface area contributed by atoms with Gasteiger partial charge >= 0.3 is 7.12 Å². The van der Waals surface area contributed by atoms with Gasteiger partial charge in [-0.15, -0.1) is 0 Å².